The van der Waals surface area contributed by atoms with E-state index in [0.717, 1.165) is 28.8 Å². The summed E-state index contributed by atoms with van der Waals surface area (Å²) < 4.78 is 18.5. The van der Waals surface area contributed by atoms with Crippen molar-refractivity contribution >= 4 is 23.4 Å². The topological polar surface area (TPSA) is 79.8 Å². The standard InChI is InChI=1S/C21H22FN3O3/c1-3-28-20(26)13(2)24-21(27)25-17-8-5-15(6-9-17)19-18-12-16(22)7-4-14(18)10-11-23-19/h4-9,12-13H,3,10-11H2,1-2H3,(H2,24,25,27). The van der Waals surface area contributed by atoms with E-state index in [4.69, 9.17) is 4.74 Å². The molecule has 0 fully saturated rings. The molecule has 0 saturated heterocycles. The van der Waals surface area contributed by atoms with Gasteiger partial charge in [-0.25, -0.2) is 14.0 Å². The molecule has 3 rings (SSSR count). The van der Waals surface area contributed by atoms with Crippen molar-refractivity contribution < 1.29 is 18.7 Å². The zero-order valence-corrected chi connectivity index (χ0v) is 15.8. The quantitative estimate of drug-likeness (QED) is 0.778. The Hall–Kier alpha value is -3.22. The molecule has 2 aromatic carbocycles. The number of ether oxygens (including phenoxy) is 1. The van der Waals surface area contributed by atoms with Crippen LogP contribution < -0.4 is 10.6 Å². The summed E-state index contributed by atoms with van der Waals surface area (Å²) in [5, 5.41) is 5.19. The molecule has 0 aliphatic carbocycles. The van der Waals surface area contributed by atoms with Crippen molar-refractivity contribution in [1.29, 1.82) is 0 Å². The molecule has 2 N–H and O–H groups in total. The molecule has 1 aliphatic heterocycles. The maximum atomic E-state index is 13.7. The third kappa shape index (κ3) is 4.54. The largest absolute Gasteiger partial charge is 0.464 e. The Bertz CT molecular complexity index is 910. The fraction of sp³-hybridized carbons (Fsp3) is 0.286. The molecular weight excluding hydrogens is 361 g/mol. The van der Waals surface area contributed by atoms with Crippen LogP contribution in [0.5, 0.6) is 0 Å². The number of esters is 1. The van der Waals surface area contributed by atoms with Crippen LogP contribution in [0.4, 0.5) is 14.9 Å². The SMILES string of the molecule is CCOC(=O)C(C)NC(=O)Nc1ccc(C2=NCCc3ccc(F)cc32)cc1. The van der Waals surface area contributed by atoms with Gasteiger partial charge in [0.05, 0.1) is 12.3 Å². The maximum Gasteiger partial charge on any atom is 0.328 e. The van der Waals surface area contributed by atoms with Crippen LogP contribution in [0.15, 0.2) is 47.5 Å². The summed E-state index contributed by atoms with van der Waals surface area (Å²) in [5.74, 6) is -0.784. The van der Waals surface area contributed by atoms with Crippen molar-refractivity contribution in [3.63, 3.8) is 0 Å². The Morgan fingerprint density at radius 2 is 1.96 bits per heavy atom. The second-order valence-corrected chi connectivity index (χ2v) is 6.43. The Kier molecular flexibility index (Phi) is 6.03. The van der Waals surface area contributed by atoms with E-state index >= 15 is 0 Å². The van der Waals surface area contributed by atoms with E-state index in [-0.39, 0.29) is 12.4 Å². The van der Waals surface area contributed by atoms with Gasteiger partial charge in [0, 0.05) is 23.4 Å². The fourth-order valence-electron chi connectivity index (χ4n) is 3.01. The van der Waals surface area contributed by atoms with E-state index < -0.39 is 18.0 Å². The van der Waals surface area contributed by atoms with Gasteiger partial charge in [0.2, 0.25) is 0 Å². The van der Waals surface area contributed by atoms with Gasteiger partial charge in [0.1, 0.15) is 11.9 Å². The summed E-state index contributed by atoms with van der Waals surface area (Å²) in [6.07, 6.45) is 0.789. The molecule has 1 heterocycles. The van der Waals surface area contributed by atoms with E-state index in [2.05, 4.69) is 15.6 Å². The molecule has 0 aromatic heterocycles. The van der Waals surface area contributed by atoms with E-state index in [1.165, 1.54) is 12.1 Å². The lowest BCUT2D eigenvalue weighted by molar-refractivity contribution is -0.144. The van der Waals surface area contributed by atoms with Gasteiger partial charge in [0.15, 0.2) is 0 Å². The van der Waals surface area contributed by atoms with Crippen molar-refractivity contribution in [1.82, 2.24) is 5.32 Å². The number of fused-ring (bicyclic) bond motifs is 1. The Morgan fingerprint density at radius 1 is 1.21 bits per heavy atom. The van der Waals surface area contributed by atoms with E-state index in [0.29, 0.717) is 12.2 Å². The maximum absolute atomic E-state index is 13.7. The zero-order valence-electron chi connectivity index (χ0n) is 15.8. The van der Waals surface area contributed by atoms with Crippen LogP contribution in [-0.4, -0.2) is 36.9 Å². The van der Waals surface area contributed by atoms with Crippen LogP contribution in [0.3, 0.4) is 0 Å². The van der Waals surface area contributed by atoms with E-state index in [9.17, 15) is 14.0 Å². The second-order valence-electron chi connectivity index (χ2n) is 6.43. The number of carbonyl (C=O) groups excluding carboxylic acids is 2. The molecule has 1 unspecified atom stereocenters. The molecule has 1 atom stereocenters. The average molecular weight is 383 g/mol. The van der Waals surface area contributed by atoms with Crippen molar-refractivity contribution in [3.05, 3.63) is 65.0 Å². The van der Waals surface area contributed by atoms with Gasteiger partial charge in [0.25, 0.3) is 0 Å². The predicted octanol–water partition coefficient (Wildman–Crippen LogP) is 3.29. The number of hydrogen-bond donors (Lipinski definition) is 2. The van der Waals surface area contributed by atoms with Crippen LogP contribution in [0.25, 0.3) is 0 Å². The summed E-state index contributed by atoms with van der Waals surface area (Å²) in [5.41, 5.74) is 4.02. The molecule has 7 heteroatoms. The summed E-state index contributed by atoms with van der Waals surface area (Å²) >= 11 is 0. The predicted molar refractivity (Wildman–Crippen MR) is 105 cm³/mol. The van der Waals surface area contributed by atoms with Gasteiger partial charge >= 0.3 is 12.0 Å². The summed E-state index contributed by atoms with van der Waals surface area (Å²) in [7, 11) is 0. The Balaban J connectivity index is 1.68. The number of carbonyl (C=O) groups is 2. The minimum absolute atomic E-state index is 0.255. The zero-order chi connectivity index (χ0) is 20.1. The molecule has 0 spiro atoms. The second kappa shape index (κ2) is 8.65. The van der Waals surface area contributed by atoms with E-state index in [1.54, 1.807) is 32.0 Å². The van der Waals surface area contributed by atoms with Gasteiger partial charge in [-0.15, -0.1) is 0 Å². The Morgan fingerprint density at radius 3 is 2.68 bits per heavy atom. The van der Waals surface area contributed by atoms with Gasteiger partial charge in [-0.1, -0.05) is 18.2 Å². The summed E-state index contributed by atoms with van der Waals surface area (Å²) in [6.45, 7) is 4.17. The first-order valence-electron chi connectivity index (χ1n) is 9.15. The number of benzene rings is 2. The average Bonchev–Trinajstić information content (AvgIpc) is 2.68. The van der Waals surface area contributed by atoms with E-state index in [1.807, 2.05) is 12.1 Å². The lowest BCUT2D eigenvalue weighted by Gasteiger charge is -2.18. The normalized spacial score (nSPS) is 13.8. The van der Waals surface area contributed by atoms with Crippen molar-refractivity contribution in [3.8, 4) is 0 Å². The molecule has 0 bridgehead atoms. The molecule has 0 saturated carbocycles. The van der Waals surface area contributed by atoms with Gasteiger partial charge in [-0.05, 0) is 50.1 Å². The number of urea groups is 1. The first-order valence-corrected chi connectivity index (χ1v) is 9.15. The number of aliphatic imine (C=N–C) groups is 1. The smallest absolute Gasteiger partial charge is 0.328 e. The highest BCUT2D eigenvalue weighted by atomic mass is 19.1. The lowest BCUT2D eigenvalue weighted by atomic mass is 9.93. The molecule has 2 amide bonds. The third-order valence-electron chi connectivity index (χ3n) is 4.38. The highest BCUT2D eigenvalue weighted by Gasteiger charge is 2.18. The first-order chi connectivity index (χ1) is 13.5. The number of anilines is 1. The minimum atomic E-state index is -0.748. The number of nitrogens with zero attached hydrogens (tertiary/aromatic N) is 1. The minimum Gasteiger partial charge on any atom is -0.464 e. The fourth-order valence-corrected chi connectivity index (χ4v) is 3.01. The van der Waals surface area contributed by atoms with Crippen LogP contribution >= 0.6 is 0 Å². The Labute approximate surface area is 162 Å². The van der Waals surface area contributed by atoms with Crippen molar-refractivity contribution in [2.45, 2.75) is 26.3 Å². The monoisotopic (exact) mass is 383 g/mol. The number of nitrogens with one attached hydrogen (secondary N) is 2. The molecule has 0 radical (unpaired) electrons. The van der Waals surface area contributed by atoms with Gasteiger partial charge < -0.3 is 15.4 Å². The summed E-state index contributed by atoms with van der Waals surface area (Å²) in [6, 6.07) is 10.6. The molecule has 28 heavy (non-hydrogen) atoms. The molecule has 6 nitrogen and oxygen atoms in total. The number of amides is 2. The molecule has 1 aliphatic rings. The van der Waals surface area contributed by atoms with Crippen LogP contribution in [0.1, 0.15) is 30.5 Å². The van der Waals surface area contributed by atoms with Gasteiger partial charge in [-0.3, -0.25) is 4.99 Å². The van der Waals surface area contributed by atoms with Crippen LogP contribution in [0.2, 0.25) is 0 Å². The summed E-state index contributed by atoms with van der Waals surface area (Å²) in [4.78, 5) is 28.1. The number of halogens is 1. The number of hydrogen-bond acceptors (Lipinski definition) is 4. The highest BCUT2D eigenvalue weighted by molar-refractivity contribution is 6.14. The number of rotatable bonds is 5. The first kappa shape index (κ1) is 19.5. The van der Waals surface area contributed by atoms with Crippen LogP contribution in [0, 0.1) is 5.82 Å². The van der Waals surface area contributed by atoms with Gasteiger partial charge in [-0.2, -0.15) is 0 Å². The third-order valence-corrected chi connectivity index (χ3v) is 4.38. The highest BCUT2D eigenvalue weighted by Crippen LogP contribution is 2.22. The van der Waals surface area contributed by atoms with Crippen molar-refractivity contribution in [2.75, 3.05) is 18.5 Å². The van der Waals surface area contributed by atoms with Crippen molar-refractivity contribution in [2.24, 2.45) is 4.99 Å². The van der Waals surface area contributed by atoms with Crippen LogP contribution in [-0.2, 0) is 16.0 Å². The lowest BCUT2D eigenvalue weighted by Crippen LogP contribution is -2.41. The molecular formula is C21H22FN3O3. The molecule has 146 valence electrons. The molecule has 2 aromatic rings.